The Labute approximate surface area is 165 Å². The lowest BCUT2D eigenvalue weighted by Gasteiger charge is -2.22. The number of aryl methyl sites for hydroxylation is 1. The van der Waals surface area contributed by atoms with E-state index in [1.54, 1.807) is 24.3 Å². The summed E-state index contributed by atoms with van der Waals surface area (Å²) in [4.78, 5) is 39.4. The SMILES string of the molecule is Cc1ccc([C@H](CNC(=O)CCN2C(=O)c3ccccc3C2=O)[NH+](C)C)cc1. The Balaban J connectivity index is 1.55. The van der Waals surface area contributed by atoms with Crippen molar-refractivity contribution >= 4 is 17.7 Å². The van der Waals surface area contributed by atoms with Crippen LogP contribution in [0.2, 0.25) is 0 Å². The molecule has 146 valence electrons. The summed E-state index contributed by atoms with van der Waals surface area (Å²) in [5, 5.41) is 2.94. The van der Waals surface area contributed by atoms with Crippen LogP contribution in [0.15, 0.2) is 48.5 Å². The molecular weight excluding hydrogens is 354 g/mol. The molecule has 6 nitrogen and oxygen atoms in total. The fraction of sp³-hybridized carbons (Fsp3) is 0.318. The number of benzene rings is 2. The Morgan fingerprint density at radius 1 is 1.00 bits per heavy atom. The predicted octanol–water partition coefficient (Wildman–Crippen LogP) is 0.983. The lowest BCUT2D eigenvalue weighted by Crippen LogP contribution is -3.07. The smallest absolute Gasteiger partial charge is 0.261 e. The number of hydrogen-bond acceptors (Lipinski definition) is 3. The molecule has 0 aliphatic carbocycles. The minimum absolute atomic E-state index is 0.0855. The van der Waals surface area contributed by atoms with Crippen molar-refractivity contribution in [1.29, 1.82) is 0 Å². The van der Waals surface area contributed by atoms with Gasteiger partial charge in [0.1, 0.15) is 6.04 Å². The fourth-order valence-corrected chi connectivity index (χ4v) is 3.41. The van der Waals surface area contributed by atoms with Crippen molar-refractivity contribution in [2.75, 3.05) is 27.2 Å². The summed E-state index contributed by atoms with van der Waals surface area (Å²) in [5.41, 5.74) is 3.17. The molecule has 0 saturated carbocycles. The molecule has 0 bridgehead atoms. The summed E-state index contributed by atoms with van der Waals surface area (Å²) in [6.07, 6.45) is 0.0921. The Morgan fingerprint density at radius 3 is 2.11 bits per heavy atom. The Kier molecular flexibility index (Phi) is 5.90. The third-order valence-electron chi connectivity index (χ3n) is 5.12. The lowest BCUT2D eigenvalue weighted by atomic mass is 10.0. The van der Waals surface area contributed by atoms with Gasteiger partial charge < -0.3 is 10.2 Å². The normalized spacial score (nSPS) is 14.4. The average molecular weight is 380 g/mol. The molecule has 2 aromatic carbocycles. The number of amides is 3. The zero-order valence-corrected chi connectivity index (χ0v) is 16.5. The largest absolute Gasteiger partial charge is 0.350 e. The minimum atomic E-state index is -0.330. The molecule has 0 fully saturated rings. The van der Waals surface area contributed by atoms with Crippen molar-refractivity contribution in [2.24, 2.45) is 0 Å². The number of likely N-dealkylation sites (N-methyl/N-ethyl adjacent to an activating group) is 1. The number of quaternary nitrogens is 1. The average Bonchev–Trinajstić information content (AvgIpc) is 2.92. The maximum atomic E-state index is 12.4. The molecule has 0 spiro atoms. The third-order valence-corrected chi connectivity index (χ3v) is 5.12. The monoisotopic (exact) mass is 380 g/mol. The van der Waals surface area contributed by atoms with Gasteiger partial charge in [0.15, 0.2) is 0 Å². The van der Waals surface area contributed by atoms with Crippen molar-refractivity contribution in [3.8, 4) is 0 Å². The number of nitrogens with zero attached hydrogens (tertiary/aromatic N) is 1. The lowest BCUT2D eigenvalue weighted by molar-refractivity contribution is -0.890. The van der Waals surface area contributed by atoms with E-state index in [0.29, 0.717) is 17.7 Å². The molecule has 0 saturated heterocycles. The molecule has 1 atom stereocenters. The van der Waals surface area contributed by atoms with Gasteiger partial charge >= 0.3 is 0 Å². The standard InChI is InChI=1S/C22H25N3O3/c1-15-8-10-16(11-9-15)19(24(2)3)14-23-20(26)12-13-25-21(27)17-6-4-5-7-18(17)22(25)28/h4-11,19H,12-14H2,1-3H3,(H,23,26)/p+1/t19-/m0/s1. The summed E-state index contributed by atoms with van der Waals surface area (Å²) in [7, 11) is 4.10. The topological polar surface area (TPSA) is 70.9 Å². The van der Waals surface area contributed by atoms with Crippen LogP contribution in [-0.2, 0) is 4.79 Å². The van der Waals surface area contributed by atoms with E-state index in [4.69, 9.17) is 0 Å². The minimum Gasteiger partial charge on any atom is -0.350 e. The van der Waals surface area contributed by atoms with E-state index >= 15 is 0 Å². The highest BCUT2D eigenvalue weighted by Crippen LogP contribution is 2.22. The molecule has 0 aromatic heterocycles. The maximum Gasteiger partial charge on any atom is 0.261 e. The van der Waals surface area contributed by atoms with E-state index in [-0.39, 0.29) is 36.7 Å². The molecule has 0 radical (unpaired) electrons. The molecule has 1 heterocycles. The van der Waals surface area contributed by atoms with E-state index in [1.165, 1.54) is 10.5 Å². The molecule has 0 unspecified atom stereocenters. The van der Waals surface area contributed by atoms with Crippen LogP contribution in [0.5, 0.6) is 0 Å². The molecule has 2 aromatic rings. The van der Waals surface area contributed by atoms with E-state index in [1.807, 2.05) is 6.92 Å². The van der Waals surface area contributed by atoms with Gasteiger partial charge in [0.25, 0.3) is 11.8 Å². The maximum absolute atomic E-state index is 12.4. The van der Waals surface area contributed by atoms with Gasteiger partial charge in [0, 0.05) is 18.5 Å². The molecule has 2 N–H and O–H groups in total. The molecule has 3 rings (SSSR count). The van der Waals surface area contributed by atoms with Crippen molar-refractivity contribution in [3.63, 3.8) is 0 Å². The van der Waals surface area contributed by atoms with Crippen LogP contribution in [0.4, 0.5) is 0 Å². The Hall–Kier alpha value is -2.99. The first-order valence-corrected chi connectivity index (χ1v) is 9.47. The number of fused-ring (bicyclic) bond motifs is 1. The van der Waals surface area contributed by atoms with Gasteiger partial charge in [-0.2, -0.15) is 0 Å². The predicted molar refractivity (Wildman–Crippen MR) is 106 cm³/mol. The Bertz CT molecular complexity index is 855. The van der Waals surface area contributed by atoms with Crippen LogP contribution in [0.3, 0.4) is 0 Å². The molecular formula is C22H26N3O3+. The second kappa shape index (κ2) is 8.35. The van der Waals surface area contributed by atoms with Gasteiger partial charge in [-0.25, -0.2) is 0 Å². The number of carbonyl (C=O) groups is 3. The molecule has 1 aliphatic heterocycles. The van der Waals surface area contributed by atoms with Crippen molar-refractivity contribution < 1.29 is 19.3 Å². The van der Waals surface area contributed by atoms with Crippen molar-refractivity contribution in [3.05, 3.63) is 70.8 Å². The first kappa shape index (κ1) is 19.8. The summed E-state index contributed by atoms with van der Waals surface area (Å²) < 4.78 is 0. The number of imide groups is 1. The van der Waals surface area contributed by atoms with Gasteiger partial charge in [-0.05, 0) is 19.1 Å². The van der Waals surface area contributed by atoms with Crippen molar-refractivity contribution in [2.45, 2.75) is 19.4 Å². The summed E-state index contributed by atoms with van der Waals surface area (Å²) in [6.45, 7) is 2.62. The first-order chi connectivity index (χ1) is 13.4. The van der Waals surface area contributed by atoms with Crippen LogP contribution in [0.1, 0.15) is 44.3 Å². The van der Waals surface area contributed by atoms with E-state index in [9.17, 15) is 14.4 Å². The molecule has 6 heteroatoms. The number of hydrogen-bond donors (Lipinski definition) is 2. The Morgan fingerprint density at radius 2 is 1.57 bits per heavy atom. The number of nitrogens with one attached hydrogen (secondary N) is 2. The van der Waals surface area contributed by atoms with Crippen LogP contribution < -0.4 is 10.2 Å². The second-order valence-electron chi connectivity index (χ2n) is 7.40. The fourth-order valence-electron chi connectivity index (χ4n) is 3.41. The van der Waals surface area contributed by atoms with E-state index < -0.39 is 0 Å². The highest BCUT2D eigenvalue weighted by atomic mass is 16.2. The third kappa shape index (κ3) is 4.12. The zero-order chi connectivity index (χ0) is 20.3. The summed E-state index contributed by atoms with van der Waals surface area (Å²) in [6, 6.07) is 15.2. The quantitative estimate of drug-likeness (QED) is 0.704. The summed E-state index contributed by atoms with van der Waals surface area (Å²) >= 11 is 0. The second-order valence-corrected chi connectivity index (χ2v) is 7.40. The molecule has 28 heavy (non-hydrogen) atoms. The van der Waals surface area contributed by atoms with Gasteiger partial charge in [-0.1, -0.05) is 42.0 Å². The first-order valence-electron chi connectivity index (χ1n) is 9.47. The van der Waals surface area contributed by atoms with E-state index in [2.05, 4.69) is 43.7 Å². The molecule has 3 amide bonds. The highest BCUT2D eigenvalue weighted by Gasteiger charge is 2.35. The van der Waals surface area contributed by atoms with E-state index in [0.717, 1.165) is 10.5 Å². The number of carbonyl (C=O) groups excluding carboxylic acids is 3. The number of rotatable bonds is 7. The van der Waals surface area contributed by atoms with Gasteiger partial charge in [-0.15, -0.1) is 0 Å². The van der Waals surface area contributed by atoms with Crippen LogP contribution in [0.25, 0.3) is 0 Å². The van der Waals surface area contributed by atoms with Crippen molar-refractivity contribution in [1.82, 2.24) is 10.2 Å². The summed E-state index contributed by atoms with van der Waals surface area (Å²) in [5.74, 6) is -0.831. The van der Waals surface area contributed by atoms with Crippen LogP contribution in [-0.4, -0.2) is 49.8 Å². The zero-order valence-electron chi connectivity index (χ0n) is 16.5. The van der Waals surface area contributed by atoms with Gasteiger partial charge in [0.05, 0.1) is 31.8 Å². The van der Waals surface area contributed by atoms with Crippen LogP contribution >= 0.6 is 0 Å². The van der Waals surface area contributed by atoms with Gasteiger partial charge in [-0.3, -0.25) is 19.3 Å². The van der Waals surface area contributed by atoms with Gasteiger partial charge in [0.2, 0.25) is 5.91 Å². The highest BCUT2D eigenvalue weighted by molar-refractivity contribution is 6.21. The molecule has 1 aliphatic rings. The van der Waals surface area contributed by atoms with Crippen LogP contribution in [0, 0.1) is 6.92 Å².